The highest BCUT2D eigenvalue weighted by Gasteiger charge is 2.30. The van der Waals surface area contributed by atoms with Crippen molar-refractivity contribution in [2.45, 2.75) is 12.1 Å². The Kier molecular flexibility index (Phi) is 4.42. The van der Waals surface area contributed by atoms with Gasteiger partial charge in [0.1, 0.15) is 0 Å². The molecule has 0 unspecified atom stereocenters. The number of carbonyl (C=O) groups is 1. The molecule has 108 valence electrons. The number of halogens is 2. The first-order chi connectivity index (χ1) is 10.1. The van der Waals surface area contributed by atoms with Gasteiger partial charge in [0.2, 0.25) is 5.91 Å². The molecular formula is C16H14Br2N2O. The molecule has 2 aromatic carbocycles. The van der Waals surface area contributed by atoms with E-state index in [2.05, 4.69) is 54.6 Å². The summed E-state index contributed by atoms with van der Waals surface area (Å²) in [5.41, 5.74) is 2.25. The Hall–Kier alpha value is -1.17. The second-order valence-electron chi connectivity index (χ2n) is 5.01. The van der Waals surface area contributed by atoms with E-state index in [1.807, 2.05) is 36.4 Å². The molecule has 2 N–H and O–H groups in total. The molecule has 1 amide bonds. The smallest absolute Gasteiger partial charge is 0.234 e. The summed E-state index contributed by atoms with van der Waals surface area (Å²) in [6.07, 6.45) is 0. The maximum absolute atomic E-state index is 11.8. The molecule has 2 atom stereocenters. The van der Waals surface area contributed by atoms with Crippen molar-refractivity contribution >= 4 is 37.8 Å². The lowest BCUT2D eigenvalue weighted by Gasteiger charge is -2.34. The van der Waals surface area contributed by atoms with Crippen molar-refractivity contribution in [1.82, 2.24) is 10.6 Å². The highest BCUT2D eigenvalue weighted by Crippen LogP contribution is 2.32. The third kappa shape index (κ3) is 3.36. The third-order valence-corrected chi connectivity index (χ3v) is 4.65. The Balaban J connectivity index is 1.94. The van der Waals surface area contributed by atoms with E-state index < -0.39 is 0 Å². The maximum Gasteiger partial charge on any atom is 0.234 e. The van der Waals surface area contributed by atoms with Crippen molar-refractivity contribution in [1.29, 1.82) is 0 Å². The molecule has 5 heteroatoms. The van der Waals surface area contributed by atoms with Crippen molar-refractivity contribution in [3.05, 3.63) is 68.6 Å². The molecule has 0 saturated carbocycles. The van der Waals surface area contributed by atoms with Gasteiger partial charge in [0.15, 0.2) is 0 Å². The number of rotatable bonds is 2. The molecule has 21 heavy (non-hydrogen) atoms. The van der Waals surface area contributed by atoms with Gasteiger partial charge in [0.25, 0.3) is 0 Å². The molecule has 1 aliphatic rings. The van der Waals surface area contributed by atoms with Gasteiger partial charge in [0, 0.05) is 8.95 Å². The molecular weight excluding hydrogens is 396 g/mol. The number of amides is 1. The second-order valence-corrected chi connectivity index (χ2v) is 6.84. The van der Waals surface area contributed by atoms with E-state index in [0.29, 0.717) is 6.54 Å². The second kappa shape index (κ2) is 6.30. The van der Waals surface area contributed by atoms with Crippen molar-refractivity contribution in [3.8, 4) is 0 Å². The molecule has 0 aliphatic carbocycles. The number of nitrogens with one attached hydrogen (secondary N) is 2. The summed E-state index contributed by atoms with van der Waals surface area (Å²) in [7, 11) is 0. The van der Waals surface area contributed by atoms with Gasteiger partial charge in [0.05, 0.1) is 18.6 Å². The van der Waals surface area contributed by atoms with E-state index in [9.17, 15) is 4.79 Å². The van der Waals surface area contributed by atoms with Gasteiger partial charge < -0.3 is 5.32 Å². The van der Waals surface area contributed by atoms with Crippen LogP contribution in [0.4, 0.5) is 0 Å². The summed E-state index contributed by atoms with van der Waals surface area (Å²) in [5.74, 6) is 0.0243. The zero-order valence-corrected chi connectivity index (χ0v) is 14.3. The minimum Gasteiger partial charge on any atom is -0.346 e. The highest BCUT2D eigenvalue weighted by molar-refractivity contribution is 9.10. The Morgan fingerprint density at radius 3 is 1.81 bits per heavy atom. The van der Waals surface area contributed by atoms with Crippen LogP contribution in [0, 0.1) is 0 Å². The number of benzene rings is 2. The Morgan fingerprint density at radius 1 is 0.810 bits per heavy atom. The van der Waals surface area contributed by atoms with Crippen LogP contribution in [-0.2, 0) is 4.79 Å². The topological polar surface area (TPSA) is 41.1 Å². The summed E-state index contributed by atoms with van der Waals surface area (Å²) >= 11 is 6.89. The largest absolute Gasteiger partial charge is 0.346 e. The monoisotopic (exact) mass is 408 g/mol. The van der Waals surface area contributed by atoms with E-state index in [0.717, 1.165) is 20.1 Å². The molecule has 1 saturated heterocycles. The van der Waals surface area contributed by atoms with E-state index in [-0.39, 0.29) is 18.0 Å². The molecule has 0 spiro atoms. The van der Waals surface area contributed by atoms with Gasteiger partial charge in [-0.1, -0.05) is 56.1 Å². The summed E-state index contributed by atoms with van der Waals surface area (Å²) in [5, 5.41) is 6.42. The fourth-order valence-corrected chi connectivity index (χ4v) is 3.08. The molecule has 1 fully saturated rings. The van der Waals surface area contributed by atoms with Crippen molar-refractivity contribution in [2.75, 3.05) is 6.54 Å². The fourth-order valence-electron chi connectivity index (χ4n) is 2.55. The molecule has 3 nitrogen and oxygen atoms in total. The number of hydrogen-bond acceptors (Lipinski definition) is 2. The van der Waals surface area contributed by atoms with Gasteiger partial charge in [-0.05, 0) is 35.4 Å². The fraction of sp³-hybridized carbons (Fsp3) is 0.188. The molecule has 0 bridgehead atoms. The zero-order valence-electron chi connectivity index (χ0n) is 11.1. The van der Waals surface area contributed by atoms with Gasteiger partial charge >= 0.3 is 0 Å². The van der Waals surface area contributed by atoms with E-state index in [1.54, 1.807) is 0 Å². The third-order valence-electron chi connectivity index (χ3n) is 3.59. The van der Waals surface area contributed by atoms with Crippen LogP contribution in [0.2, 0.25) is 0 Å². The maximum atomic E-state index is 11.8. The first kappa shape index (κ1) is 14.8. The van der Waals surface area contributed by atoms with Crippen molar-refractivity contribution in [2.24, 2.45) is 0 Å². The minimum absolute atomic E-state index is 0.0243. The van der Waals surface area contributed by atoms with Crippen LogP contribution in [0.25, 0.3) is 0 Å². The SMILES string of the molecule is O=C1CN[C@H](c2ccc(Br)cc2)[C@H](c2ccc(Br)cc2)N1. The normalized spacial score (nSPS) is 21.9. The van der Waals surface area contributed by atoms with Gasteiger partial charge in [-0.3, -0.25) is 10.1 Å². The van der Waals surface area contributed by atoms with Crippen LogP contribution in [0.3, 0.4) is 0 Å². The minimum atomic E-state index is -0.0690. The van der Waals surface area contributed by atoms with Crippen LogP contribution < -0.4 is 10.6 Å². The quantitative estimate of drug-likeness (QED) is 0.793. The molecule has 2 aromatic rings. The van der Waals surface area contributed by atoms with Gasteiger partial charge in [-0.25, -0.2) is 0 Å². The standard InChI is InChI=1S/C16H14Br2N2O/c17-12-5-1-10(2-6-12)15-16(20-14(21)9-19-15)11-3-7-13(18)8-4-11/h1-8,15-16,19H,9H2,(H,20,21)/t15-,16+/m1/s1. The lowest BCUT2D eigenvalue weighted by atomic mass is 9.92. The average molecular weight is 410 g/mol. The predicted molar refractivity (Wildman–Crippen MR) is 89.9 cm³/mol. The zero-order chi connectivity index (χ0) is 14.8. The van der Waals surface area contributed by atoms with Gasteiger partial charge in [-0.2, -0.15) is 0 Å². The molecule has 0 radical (unpaired) electrons. The van der Waals surface area contributed by atoms with E-state index >= 15 is 0 Å². The Labute approximate surface area is 140 Å². The molecule has 1 heterocycles. The van der Waals surface area contributed by atoms with Crippen LogP contribution in [0.5, 0.6) is 0 Å². The summed E-state index contributed by atoms with van der Waals surface area (Å²) < 4.78 is 2.08. The lowest BCUT2D eigenvalue weighted by molar-refractivity contribution is -0.123. The average Bonchev–Trinajstić information content (AvgIpc) is 2.49. The Morgan fingerprint density at radius 2 is 1.29 bits per heavy atom. The number of carbonyl (C=O) groups excluding carboxylic acids is 1. The number of piperazine rings is 1. The number of hydrogen-bond donors (Lipinski definition) is 2. The van der Waals surface area contributed by atoms with Crippen LogP contribution in [0.15, 0.2) is 57.5 Å². The highest BCUT2D eigenvalue weighted by atomic mass is 79.9. The summed E-state index contributed by atoms with van der Waals surface area (Å²) in [6, 6.07) is 16.2. The van der Waals surface area contributed by atoms with E-state index in [4.69, 9.17) is 0 Å². The van der Waals surface area contributed by atoms with Crippen LogP contribution in [-0.4, -0.2) is 12.5 Å². The lowest BCUT2D eigenvalue weighted by Crippen LogP contribution is -2.49. The molecule has 3 rings (SSSR count). The van der Waals surface area contributed by atoms with Crippen LogP contribution >= 0.6 is 31.9 Å². The van der Waals surface area contributed by atoms with Crippen molar-refractivity contribution in [3.63, 3.8) is 0 Å². The summed E-state index contributed by atoms with van der Waals surface area (Å²) in [6.45, 7) is 0.341. The first-order valence-electron chi connectivity index (χ1n) is 6.67. The predicted octanol–water partition coefficient (Wildman–Crippen LogP) is 3.71. The van der Waals surface area contributed by atoms with Crippen LogP contribution in [0.1, 0.15) is 23.2 Å². The molecule has 0 aromatic heterocycles. The van der Waals surface area contributed by atoms with E-state index in [1.165, 1.54) is 0 Å². The molecule has 1 aliphatic heterocycles. The van der Waals surface area contributed by atoms with Gasteiger partial charge in [-0.15, -0.1) is 0 Å². The Bertz CT molecular complexity index is 640. The first-order valence-corrected chi connectivity index (χ1v) is 8.26. The summed E-state index contributed by atoms with van der Waals surface area (Å²) in [4.78, 5) is 11.8. The van der Waals surface area contributed by atoms with Crippen molar-refractivity contribution < 1.29 is 4.79 Å².